The molecule has 1 unspecified atom stereocenters. The highest BCUT2D eigenvalue weighted by Crippen LogP contribution is 2.09. The number of aliphatic carboxylic acids is 1. The molecule has 0 bridgehead atoms. The summed E-state index contributed by atoms with van der Waals surface area (Å²) in [5.74, 6) is -1.90. The number of nitrogens with one attached hydrogen (secondary N) is 2. The number of alkyl carbamates (subject to hydrolysis) is 1. The lowest BCUT2D eigenvalue weighted by molar-refractivity contribution is -0.141. The van der Waals surface area contributed by atoms with Crippen molar-refractivity contribution in [3.05, 3.63) is 0 Å². The number of carboxylic acids is 1. The van der Waals surface area contributed by atoms with Crippen molar-refractivity contribution in [3.8, 4) is 0 Å². The van der Waals surface area contributed by atoms with Gasteiger partial charge < -0.3 is 20.5 Å². The van der Waals surface area contributed by atoms with Gasteiger partial charge in [-0.3, -0.25) is 9.59 Å². The summed E-state index contributed by atoms with van der Waals surface area (Å²) in [4.78, 5) is 34.3. The molecule has 0 aromatic heterocycles. The number of carboxylic acid groups (broad SMARTS) is 1. The quantitative estimate of drug-likeness (QED) is 0.703. The molecule has 0 fully saturated rings. The van der Waals surface area contributed by atoms with E-state index in [1.54, 1.807) is 34.6 Å². The van der Waals surface area contributed by atoms with E-state index in [4.69, 9.17) is 9.84 Å². The van der Waals surface area contributed by atoms with Crippen LogP contribution >= 0.6 is 0 Å². The summed E-state index contributed by atoms with van der Waals surface area (Å²) in [6.45, 7) is 9.97. The van der Waals surface area contributed by atoms with Crippen LogP contribution in [0.5, 0.6) is 0 Å². The lowest BCUT2D eigenvalue weighted by Crippen LogP contribution is -2.53. The molecule has 2 amide bonds. The molecule has 0 aromatic rings. The molecule has 7 heteroatoms. The van der Waals surface area contributed by atoms with Crippen LogP contribution in [0.25, 0.3) is 0 Å². The zero-order valence-electron chi connectivity index (χ0n) is 12.8. The summed E-state index contributed by atoms with van der Waals surface area (Å²) in [6.07, 6.45) is -0.714. The van der Waals surface area contributed by atoms with Crippen molar-refractivity contribution in [2.24, 2.45) is 5.92 Å². The molecular formula is C13H24N2O5. The lowest BCUT2D eigenvalue weighted by Gasteiger charge is -2.25. The molecule has 0 radical (unpaired) electrons. The topological polar surface area (TPSA) is 105 Å². The number of amides is 2. The molecule has 0 aliphatic heterocycles. The maximum atomic E-state index is 12.0. The van der Waals surface area contributed by atoms with E-state index >= 15 is 0 Å². The summed E-state index contributed by atoms with van der Waals surface area (Å²) in [5, 5.41) is 13.5. The molecule has 0 aliphatic rings. The van der Waals surface area contributed by atoms with Crippen LogP contribution < -0.4 is 10.6 Å². The number of ether oxygens (including phenoxy) is 1. The first-order valence-electron chi connectivity index (χ1n) is 6.46. The first-order chi connectivity index (χ1) is 8.94. The molecule has 0 aliphatic carbocycles. The van der Waals surface area contributed by atoms with Crippen molar-refractivity contribution < 1.29 is 24.2 Å². The smallest absolute Gasteiger partial charge is 0.408 e. The predicted octanol–water partition coefficient (Wildman–Crippen LogP) is 1.12. The molecule has 0 saturated heterocycles. The Morgan fingerprint density at radius 2 is 1.55 bits per heavy atom. The maximum Gasteiger partial charge on any atom is 0.408 e. The van der Waals surface area contributed by atoms with Crippen molar-refractivity contribution >= 4 is 18.0 Å². The molecule has 2 atom stereocenters. The van der Waals surface area contributed by atoms with Crippen molar-refractivity contribution in [3.63, 3.8) is 0 Å². The first kappa shape index (κ1) is 18.2. The van der Waals surface area contributed by atoms with E-state index in [1.165, 1.54) is 6.92 Å². The highest BCUT2D eigenvalue weighted by Gasteiger charge is 2.28. The van der Waals surface area contributed by atoms with Crippen molar-refractivity contribution in [1.29, 1.82) is 0 Å². The third-order valence-electron chi connectivity index (χ3n) is 2.35. The zero-order chi connectivity index (χ0) is 16.1. The molecule has 0 saturated carbocycles. The van der Waals surface area contributed by atoms with E-state index in [1.807, 2.05) is 0 Å². The van der Waals surface area contributed by atoms with Gasteiger partial charge in [-0.2, -0.15) is 0 Å². The van der Waals surface area contributed by atoms with Crippen LogP contribution in [0.15, 0.2) is 0 Å². The van der Waals surface area contributed by atoms with Crippen molar-refractivity contribution in [1.82, 2.24) is 10.6 Å². The molecule has 0 aromatic carbocycles. The van der Waals surface area contributed by atoms with Crippen LogP contribution in [-0.4, -0.2) is 40.8 Å². The number of carbonyl (C=O) groups is 3. The van der Waals surface area contributed by atoms with Crippen LogP contribution in [0.4, 0.5) is 4.79 Å². The largest absolute Gasteiger partial charge is 0.480 e. The van der Waals surface area contributed by atoms with Gasteiger partial charge in [0.2, 0.25) is 5.91 Å². The van der Waals surface area contributed by atoms with Gasteiger partial charge in [0.25, 0.3) is 0 Å². The number of carbonyl (C=O) groups excluding carboxylic acids is 2. The van der Waals surface area contributed by atoms with Crippen LogP contribution in [0, 0.1) is 5.92 Å². The van der Waals surface area contributed by atoms with Crippen LogP contribution in [0.2, 0.25) is 0 Å². The standard InChI is InChI=1S/C13H24N2O5/c1-7(2)9(10(16)14-8(3)11(17)18)15-12(19)20-13(4,5)6/h7-9H,1-6H3,(H,14,16)(H,15,19)(H,17,18)/t8-,9?/m0/s1. The third kappa shape index (κ3) is 6.96. The zero-order valence-corrected chi connectivity index (χ0v) is 12.8. The summed E-state index contributed by atoms with van der Waals surface area (Å²) < 4.78 is 5.07. The Morgan fingerprint density at radius 1 is 1.05 bits per heavy atom. The monoisotopic (exact) mass is 288 g/mol. The third-order valence-corrected chi connectivity index (χ3v) is 2.35. The minimum absolute atomic E-state index is 0.205. The number of hydrogen-bond donors (Lipinski definition) is 3. The van der Waals surface area contributed by atoms with E-state index in [2.05, 4.69) is 10.6 Å². The molecule has 0 heterocycles. The minimum Gasteiger partial charge on any atom is -0.480 e. The minimum atomic E-state index is -1.14. The molecule has 7 nitrogen and oxygen atoms in total. The average Bonchev–Trinajstić information content (AvgIpc) is 2.22. The Bertz CT molecular complexity index is 373. The SMILES string of the molecule is CC(C)C(NC(=O)OC(C)(C)C)C(=O)N[C@@H](C)C(=O)O. The molecule has 116 valence electrons. The average molecular weight is 288 g/mol. The fourth-order valence-electron chi connectivity index (χ4n) is 1.33. The van der Waals surface area contributed by atoms with E-state index in [-0.39, 0.29) is 5.92 Å². The Kier molecular flexibility index (Phi) is 6.48. The second kappa shape index (κ2) is 7.12. The van der Waals surface area contributed by atoms with Gasteiger partial charge in [0.1, 0.15) is 17.7 Å². The number of rotatable bonds is 5. The van der Waals surface area contributed by atoms with Gasteiger partial charge >= 0.3 is 12.1 Å². The normalized spacial score (nSPS) is 14.3. The summed E-state index contributed by atoms with van der Waals surface area (Å²) in [5.41, 5.74) is -0.670. The van der Waals surface area contributed by atoms with Gasteiger partial charge in [-0.25, -0.2) is 4.79 Å². The van der Waals surface area contributed by atoms with E-state index < -0.39 is 35.7 Å². The number of hydrogen-bond acceptors (Lipinski definition) is 4. The van der Waals surface area contributed by atoms with Crippen LogP contribution in [0.3, 0.4) is 0 Å². The second-order valence-corrected chi connectivity index (χ2v) is 5.94. The fraction of sp³-hybridized carbons (Fsp3) is 0.769. The van der Waals surface area contributed by atoms with E-state index in [9.17, 15) is 14.4 Å². The van der Waals surface area contributed by atoms with Gasteiger partial charge in [-0.05, 0) is 33.6 Å². The van der Waals surface area contributed by atoms with Crippen LogP contribution in [-0.2, 0) is 14.3 Å². The van der Waals surface area contributed by atoms with Crippen molar-refractivity contribution in [2.45, 2.75) is 59.2 Å². The van der Waals surface area contributed by atoms with Gasteiger partial charge in [-0.15, -0.1) is 0 Å². The van der Waals surface area contributed by atoms with Gasteiger partial charge in [0.15, 0.2) is 0 Å². The molecule has 0 spiro atoms. The van der Waals surface area contributed by atoms with E-state index in [0.717, 1.165) is 0 Å². The second-order valence-electron chi connectivity index (χ2n) is 5.94. The fourth-order valence-corrected chi connectivity index (χ4v) is 1.33. The Morgan fingerprint density at radius 3 is 1.90 bits per heavy atom. The summed E-state index contributed by atoms with van der Waals surface area (Å²) in [7, 11) is 0. The predicted molar refractivity (Wildman–Crippen MR) is 73.2 cm³/mol. The highest BCUT2D eigenvalue weighted by molar-refractivity contribution is 5.89. The Labute approximate surface area is 119 Å². The van der Waals surface area contributed by atoms with Gasteiger partial charge in [-0.1, -0.05) is 13.8 Å². The molecule has 0 rings (SSSR count). The van der Waals surface area contributed by atoms with Crippen LogP contribution in [0.1, 0.15) is 41.5 Å². The molecule has 20 heavy (non-hydrogen) atoms. The van der Waals surface area contributed by atoms with Gasteiger partial charge in [0, 0.05) is 0 Å². The highest BCUT2D eigenvalue weighted by atomic mass is 16.6. The Hall–Kier alpha value is -1.79. The molecular weight excluding hydrogens is 264 g/mol. The van der Waals surface area contributed by atoms with Gasteiger partial charge in [0.05, 0.1) is 0 Å². The molecule has 3 N–H and O–H groups in total. The van der Waals surface area contributed by atoms with E-state index in [0.29, 0.717) is 0 Å². The lowest BCUT2D eigenvalue weighted by atomic mass is 10.0. The first-order valence-corrected chi connectivity index (χ1v) is 6.46. The summed E-state index contributed by atoms with van der Waals surface area (Å²) in [6, 6.07) is -1.88. The van der Waals surface area contributed by atoms with Crippen molar-refractivity contribution in [2.75, 3.05) is 0 Å². The summed E-state index contributed by atoms with van der Waals surface area (Å²) >= 11 is 0. The maximum absolute atomic E-state index is 12.0. The Balaban J connectivity index is 4.69.